The molecule has 1 amide bonds. The van der Waals surface area contributed by atoms with E-state index in [0.717, 1.165) is 23.4 Å². The predicted molar refractivity (Wildman–Crippen MR) is 68.7 cm³/mol. The third kappa shape index (κ3) is 3.24. The minimum atomic E-state index is 0.0664. The van der Waals surface area contributed by atoms with Gasteiger partial charge in [-0.2, -0.15) is 0 Å². The van der Waals surface area contributed by atoms with E-state index in [2.05, 4.69) is 5.32 Å². The van der Waals surface area contributed by atoms with Gasteiger partial charge in [0.05, 0.1) is 0 Å². The average Bonchev–Trinajstić information content (AvgIpc) is 2.34. The summed E-state index contributed by atoms with van der Waals surface area (Å²) in [6.45, 7) is 0.486. The Balaban J connectivity index is 2.02. The number of nitrogens with one attached hydrogen (secondary N) is 1. The topological polar surface area (TPSA) is 38.3 Å². The van der Waals surface area contributed by atoms with Crippen LogP contribution in [0, 0.1) is 0 Å². The van der Waals surface area contributed by atoms with Crippen molar-refractivity contribution in [3.8, 4) is 5.75 Å². The molecule has 0 radical (unpaired) electrons. The Hall–Kier alpha value is -1.48. The van der Waals surface area contributed by atoms with Gasteiger partial charge in [0, 0.05) is 24.1 Å². The lowest BCUT2D eigenvalue weighted by molar-refractivity contribution is -0.116. The molecule has 0 fully saturated rings. The van der Waals surface area contributed by atoms with Crippen LogP contribution in [-0.4, -0.2) is 18.4 Å². The number of hydrogen-bond acceptors (Lipinski definition) is 2. The summed E-state index contributed by atoms with van der Waals surface area (Å²) in [6, 6.07) is 5.78. The molecule has 90 valence electrons. The zero-order valence-corrected chi connectivity index (χ0v) is 10.2. The van der Waals surface area contributed by atoms with Crippen LogP contribution in [0.2, 0.25) is 0 Å². The molecule has 0 atom stereocenters. The highest BCUT2D eigenvalue weighted by Crippen LogP contribution is 2.26. The summed E-state index contributed by atoms with van der Waals surface area (Å²) >= 11 is 5.50. The molecule has 0 spiro atoms. The lowest BCUT2D eigenvalue weighted by atomic mass is 10.0. The number of amides is 1. The van der Waals surface area contributed by atoms with Gasteiger partial charge in [-0.1, -0.05) is 18.2 Å². The van der Waals surface area contributed by atoms with Crippen LogP contribution in [0.3, 0.4) is 0 Å². The van der Waals surface area contributed by atoms with Crippen molar-refractivity contribution in [2.24, 2.45) is 0 Å². The number of allylic oxidation sites excluding steroid dienone is 1. The lowest BCUT2D eigenvalue weighted by Gasteiger charge is -2.17. The van der Waals surface area contributed by atoms with Crippen molar-refractivity contribution in [2.45, 2.75) is 12.8 Å². The Morgan fingerprint density at radius 2 is 2.24 bits per heavy atom. The molecule has 3 nitrogen and oxygen atoms in total. The van der Waals surface area contributed by atoms with Gasteiger partial charge in [-0.05, 0) is 18.1 Å². The Morgan fingerprint density at radius 3 is 3.06 bits per heavy atom. The van der Waals surface area contributed by atoms with Gasteiger partial charge < -0.3 is 10.1 Å². The van der Waals surface area contributed by atoms with Crippen molar-refractivity contribution in [2.75, 3.05) is 17.8 Å². The van der Waals surface area contributed by atoms with Gasteiger partial charge in [0.2, 0.25) is 5.91 Å². The average molecular weight is 252 g/mol. The number of rotatable bonds is 4. The largest absolute Gasteiger partial charge is 0.489 e. The number of aryl methyl sites for hydroxylation is 1. The molecule has 2 rings (SSSR count). The molecule has 1 aromatic carbocycles. The fourth-order valence-electron chi connectivity index (χ4n) is 1.72. The minimum Gasteiger partial charge on any atom is -0.489 e. The van der Waals surface area contributed by atoms with Crippen LogP contribution in [0.1, 0.15) is 12.0 Å². The van der Waals surface area contributed by atoms with E-state index in [1.165, 1.54) is 0 Å². The summed E-state index contributed by atoms with van der Waals surface area (Å²) in [5.41, 5.74) is 2.02. The van der Waals surface area contributed by atoms with Gasteiger partial charge in [0.1, 0.15) is 12.4 Å². The number of ether oxygens (including phenoxy) is 1. The summed E-state index contributed by atoms with van der Waals surface area (Å²) < 4.78 is 5.51. The first-order valence-electron chi connectivity index (χ1n) is 5.56. The van der Waals surface area contributed by atoms with E-state index in [1.54, 1.807) is 0 Å². The second kappa shape index (κ2) is 5.73. The highest BCUT2D eigenvalue weighted by molar-refractivity contribution is 6.18. The number of carbonyl (C=O) groups excluding carboxylic acids is 1. The summed E-state index contributed by atoms with van der Waals surface area (Å²) in [6.07, 6.45) is 5.06. The molecular weight excluding hydrogens is 238 g/mol. The van der Waals surface area contributed by atoms with E-state index in [0.29, 0.717) is 18.9 Å². The third-order valence-electron chi connectivity index (χ3n) is 2.58. The first-order valence-corrected chi connectivity index (χ1v) is 6.09. The molecule has 1 aliphatic heterocycles. The fraction of sp³-hybridized carbons (Fsp3) is 0.308. The van der Waals surface area contributed by atoms with Crippen LogP contribution in [0.4, 0.5) is 5.69 Å². The molecule has 1 heterocycles. The van der Waals surface area contributed by atoms with Crippen molar-refractivity contribution in [3.63, 3.8) is 0 Å². The summed E-state index contributed by atoms with van der Waals surface area (Å²) in [7, 11) is 0. The van der Waals surface area contributed by atoms with Gasteiger partial charge in [-0.3, -0.25) is 4.79 Å². The Bertz CT molecular complexity index is 443. The SMILES string of the molecule is O=C1CCc2ccc(OC/C=C\CCl)cc2N1. The molecule has 0 bridgehead atoms. The first-order chi connectivity index (χ1) is 8.29. The van der Waals surface area contributed by atoms with Gasteiger partial charge >= 0.3 is 0 Å². The fourth-order valence-corrected chi connectivity index (χ4v) is 1.84. The van der Waals surface area contributed by atoms with Crippen LogP contribution < -0.4 is 10.1 Å². The zero-order chi connectivity index (χ0) is 12.1. The maximum atomic E-state index is 11.3. The summed E-state index contributed by atoms with van der Waals surface area (Å²) in [4.78, 5) is 11.3. The predicted octanol–water partition coefficient (Wildman–Crippen LogP) is 2.75. The zero-order valence-electron chi connectivity index (χ0n) is 9.41. The van der Waals surface area contributed by atoms with Gasteiger partial charge in [0.15, 0.2) is 0 Å². The van der Waals surface area contributed by atoms with E-state index in [4.69, 9.17) is 16.3 Å². The third-order valence-corrected chi connectivity index (χ3v) is 2.76. The van der Waals surface area contributed by atoms with E-state index in [-0.39, 0.29) is 5.91 Å². The van der Waals surface area contributed by atoms with Gasteiger partial charge in [-0.15, -0.1) is 11.6 Å². The van der Waals surface area contributed by atoms with Crippen LogP contribution in [-0.2, 0) is 11.2 Å². The van der Waals surface area contributed by atoms with E-state index < -0.39 is 0 Å². The van der Waals surface area contributed by atoms with Gasteiger partial charge in [0.25, 0.3) is 0 Å². The number of halogens is 1. The monoisotopic (exact) mass is 251 g/mol. The highest BCUT2D eigenvalue weighted by atomic mass is 35.5. The molecule has 4 heteroatoms. The van der Waals surface area contributed by atoms with E-state index in [1.807, 2.05) is 30.4 Å². The Morgan fingerprint density at radius 1 is 1.35 bits per heavy atom. The maximum Gasteiger partial charge on any atom is 0.224 e. The smallest absolute Gasteiger partial charge is 0.224 e. The minimum absolute atomic E-state index is 0.0664. The molecule has 0 unspecified atom stereocenters. The summed E-state index contributed by atoms with van der Waals surface area (Å²) in [5, 5.41) is 2.84. The van der Waals surface area contributed by atoms with Crippen molar-refractivity contribution < 1.29 is 9.53 Å². The maximum absolute atomic E-state index is 11.3. The highest BCUT2D eigenvalue weighted by Gasteiger charge is 2.14. The number of hydrogen-bond donors (Lipinski definition) is 1. The standard InChI is InChI=1S/C13H14ClNO2/c14-7-1-2-8-17-11-5-3-10-4-6-13(16)15-12(10)9-11/h1-3,5,9H,4,6-8H2,(H,15,16)/b2-1-. The van der Waals surface area contributed by atoms with Crippen molar-refractivity contribution in [1.29, 1.82) is 0 Å². The second-order valence-electron chi connectivity index (χ2n) is 3.80. The van der Waals surface area contributed by atoms with Crippen LogP contribution in [0.5, 0.6) is 5.75 Å². The number of alkyl halides is 1. The lowest BCUT2D eigenvalue weighted by Crippen LogP contribution is -2.18. The molecule has 1 aliphatic rings. The Kier molecular flexibility index (Phi) is 4.04. The number of fused-ring (bicyclic) bond motifs is 1. The number of carbonyl (C=O) groups is 1. The molecule has 0 saturated carbocycles. The van der Waals surface area contributed by atoms with Crippen LogP contribution >= 0.6 is 11.6 Å². The van der Waals surface area contributed by atoms with E-state index in [9.17, 15) is 4.79 Å². The van der Waals surface area contributed by atoms with Gasteiger partial charge in [-0.25, -0.2) is 0 Å². The molecular formula is C13H14ClNO2. The van der Waals surface area contributed by atoms with Crippen molar-refractivity contribution in [3.05, 3.63) is 35.9 Å². The number of anilines is 1. The molecule has 1 aromatic rings. The quantitative estimate of drug-likeness (QED) is 0.660. The molecule has 1 N–H and O–H groups in total. The van der Waals surface area contributed by atoms with E-state index >= 15 is 0 Å². The normalized spacial score (nSPS) is 14.5. The van der Waals surface area contributed by atoms with Crippen molar-refractivity contribution in [1.82, 2.24) is 0 Å². The molecule has 0 saturated heterocycles. The molecule has 0 aromatic heterocycles. The summed E-state index contributed by atoms with van der Waals surface area (Å²) in [5.74, 6) is 1.31. The van der Waals surface area contributed by atoms with Crippen LogP contribution in [0.15, 0.2) is 30.4 Å². The second-order valence-corrected chi connectivity index (χ2v) is 4.11. The molecule has 17 heavy (non-hydrogen) atoms. The van der Waals surface area contributed by atoms with Crippen molar-refractivity contribution >= 4 is 23.2 Å². The Labute approximate surface area is 105 Å². The molecule has 0 aliphatic carbocycles. The number of benzene rings is 1. The van der Waals surface area contributed by atoms with Crippen LogP contribution in [0.25, 0.3) is 0 Å². The first kappa shape index (κ1) is 12.0.